The fourth-order valence-corrected chi connectivity index (χ4v) is 3.45. The third-order valence-electron chi connectivity index (χ3n) is 4.83. The summed E-state index contributed by atoms with van der Waals surface area (Å²) in [6.45, 7) is 3.67. The maximum absolute atomic E-state index is 12.4. The summed E-state index contributed by atoms with van der Waals surface area (Å²) in [6, 6.07) is 3.74. The van der Waals surface area contributed by atoms with Crippen LogP contribution in [-0.2, 0) is 9.47 Å². The van der Waals surface area contributed by atoms with Crippen molar-refractivity contribution in [3.8, 4) is 0 Å². The molecule has 0 aliphatic carbocycles. The van der Waals surface area contributed by atoms with Crippen molar-refractivity contribution in [3.63, 3.8) is 0 Å². The predicted molar refractivity (Wildman–Crippen MR) is 107 cm³/mol. The first kappa shape index (κ1) is 18.2. The summed E-state index contributed by atoms with van der Waals surface area (Å²) in [5.74, 6) is 0.737. The van der Waals surface area contributed by atoms with Crippen LogP contribution in [0.5, 0.6) is 0 Å². The molecule has 4 heterocycles. The van der Waals surface area contributed by atoms with Gasteiger partial charge in [-0.2, -0.15) is 0 Å². The van der Waals surface area contributed by atoms with Crippen LogP contribution in [0.25, 0.3) is 16.6 Å². The lowest BCUT2D eigenvalue weighted by Gasteiger charge is -2.31. The van der Waals surface area contributed by atoms with Gasteiger partial charge in [0.1, 0.15) is 17.0 Å². The van der Waals surface area contributed by atoms with Gasteiger partial charge in [-0.3, -0.25) is 9.88 Å². The van der Waals surface area contributed by atoms with Gasteiger partial charge in [0.25, 0.3) is 0 Å². The molecule has 2 aromatic rings. The van der Waals surface area contributed by atoms with Crippen molar-refractivity contribution in [1.29, 1.82) is 5.41 Å². The maximum atomic E-state index is 12.4. The molecule has 146 valence electrons. The van der Waals surface area contributed by atoms with Crippen molar-refractivity contribution < 1.29 is 14.3 Å². The molecule has 0 saturated carbocycles. The summed E-state index contributed by atoms with van der Waals surface area (Å²) in [5, 5.41) is 8.07. The van der Waals surface area contributed by atoms with Crippen LogP contribution in [0.2, 0.25) is 0 Å². The zero-order chi connectivity index (χ0) is 19.5. The van der Waals surface area contributed by atoms with E-state index < -0.39 is 0 Å². The van der Waals surface area contributed by atoms with Crippen molar-refractivity contribution in [2.45, 2.75) is 6.42 Å². The number of hydrogen-bond acceptors (Lipinski definition) is 8. The number of morpholine rings is 1. The summed E-state index contributed by atoms with van der Waals surface area (Å²) >= 11 is 0. The fraction of sp³-hybridized carbons (Fsp3) is 0.368. The Bertz CT molecular complexity index is 939. The van der Waals surface area contributed by atoms with Crippen LogP contribution in [0, 0.1) is 5.41 Å². The van der Waals surface area contributed by atoms with Crippen LogP contribution >= 0.6 is 0 Å². The Morgan fingerprint density at radius 3 is 2.82 bits per heavy atom. The number of nitrogens with two attached hydrogens (primary N) is 1. The lowest BCUT2D eigenvalue weighted by atomic mass is 10.1. The predicted octanol–water partition coefficient (Wildman–Crippen LogP) is 1.76. The SMILES string of the molecule is N=C/C=C(\N)c1nccc2c(N3CCCOC3=O)cc(N3CCOCC3)nc12. The normalized spacial score (nSPS) is 18.3. The molecule has 9 nitrogen and oxygen atoms in total. The monoisotopic (exact) mass is 382 g/mol. The molecule has 0 radical (unpaired) electrons. The molecule has 1 amide bonds. The van der Waals surface area contributed by atoms with Crippen molar-refractivity contribution in [2.24, 2.45) is 5.73 Å². The summed E-state index contributed by atoms with van der Waals surface area (Å²) in [7, 11) is 0. The third-order valence-corrected chi connectivity index (χ3v) is 4.83. The lowest BCUT2D eigenvalue weighted by molar-refractivity contribution is 0.122. The van der Waals surface area contributed by atoms with Crippen LogP contribution in [0.4, 0.5) is 16.3 Å². The highest BCUT2D eigenvalue weighted by Crippen LogP contribution is 2.34. The molecule has 0 bridgehead atoms. The summed E-state index contributed by atoms with van der Waals surface area (Å²) in [4.78, 5) is 25.4. The number of rotatable bonds is 4. The zero-order valence-corrected chi connectivity index (χ0v) is 15.4. The Morgan fingerprint density at radius 1 is 1.25 bits per heavy atom. The van der Waals surface area contributed by atoms with Gasteiger partial charge in [-0.05, 0) is 18.6 Å². The molecule has 0 atom stereocenters. The molecule has 2 saturated heterocycles. The van der Waals surface area contributed by atoms with E-state index in [1.165, 1.54) is 6.08 Å². The molecule has 0 spiro atoms. The minimum Gasteiger partial charge on any atom is -0.449 e. The molecule has 0 unspecified atom stereocenters. The van der Waals surface area contributed by atoms with Crippen molar-refractivity contribution >= 4 is 40.4 Å². The Hall–Kier alpha value is -3.20. The number of ether oxygens (including phenoxy) is 2. The van der Waals surface area contributed by atoms with Crippen LogP contribution in [0.15, 0.2) is 24.4 Å². The average molecular weight is 382 g/mol. The Labute approximate surface area is 162 Å². The number of pyridine rings is 2. The van der Waals surface area contributed by atoms with Crippen molar-refractivity contribution in [1.82, 2.24) is 9.97 Å². The third kappa shape index (κ3) is 3.36. The van der Waals surface area contributed by atoms with Crippen LogP contribution < -0.4 is 15.5 Å². The highest BCUT2D eigenvalue weighted by molar-refractivity contribution is 6.04. The zero-order valence-electron chi connectivity index (χ0n) is 15.4. The number of aromatic nitrogens is 2. The van der Waals surface area contributed by atoms with Crippen LogP contribution in [0.3, 0.4) is 0 Å². The fourth-order valence-electron chi connectivity index (χ4n) is 3.45. The van der Waals surface area contributed by atoms with Gasteiger partial charge in [-0.15, -0.1) is 0 Å². The summed E-state index contributed by atoms with van der Waals surface area (Å²) < 4.78 is 10.7. The van der Waals surface area contributed by atoms with Crippen LogP contribution in [0.1, 0.15) is 12.1 Å². The molecule has 2 aliphatic heterocycles. The smallest absolute Gasteiger partial charge is 0.414 e. The van der Waals surface area contributed by atoms with E-state index in [4.69, 9.17) is 25.6 Å². The first-order valence-electron chi connectivity index (χ1n) is 9.22. The average Bonchev–Trinajstić information content (AvgIpc) is 2.74. The first-order chi connectivity index (χ1) is 13.7. The topological polar surface area (TPSA) is 118 Å². The quantitative estimate of drug-likeness (QED) is 0.774. The molecular weight excluding hydrogens is 360 g/mol. The number of fused-ring (bicyclic) bond motifs is 1. The van der Waals surface area contributed by atoms with Crippen LogP contribution in [-0.4, -0.2) is 61.7 Å². The highest BCUT2D eigenvalue weighted by atomic mass is 16.6. The second-order valence-corrected chi connectivity index (χ2v) is 6.56. The number of allylic oxidation sites excluding steroid dienone is 1. The lowest BCUT2D eigenvalue weighted by Crippen LogP contribution is -2.39. The Kier molecular flexibility index (Phi) is 5.07. The number of nitrogens with one attached hydrogen (secondary N) is 1. The molecule has 3 N–H and O–H groups in total. The van der Waals surface area contributed by atoms with Gasteiger partial charge in [0.05, 0.1) is 31.2 Å². The van der Waals surface area contributed by atoms with Gasteiger partial charge in [-0.1, -0.05) is 0 Å². The number of nitrogens with zero attached hydrogens (tertiary/aromatic N) is 4. The minimum atomic E-state index is -0.368. The first-order valence-corrected chi connectivity index (χ1v) is 9.22. The van der Waals surface area contributed by atoms with Gasteiger partial charge < -0.3 is 25.5 Å². The number of cyclic esters (lactones) is 1. The molecule has 2 aromatic heterocycles. The van der Waals surface area contributed by atoms with E-state index in [1.54, 1.807) is 11.1 Å². The molecule has 9 heteroatoms. The van der Waals surface area contributed by atoms with Crippen molar-refractivity contribution in [3.05, 3.63) is 30.1 Å². The van der Waals surface area contributed by atoms with E-state index in [9.17, 15) is 4.79 Å². The number of carbonyl (C=O) groups is 1. The Morgan fingerprint density at radius 2 is 2.07 bits per heavy atom. The summed E-state index contributed by atoms with van der Waals surface area (Å²) in [5.41, 5.74) is 8.28. The minimum absolute atomic E-state index is 0.347. The second kappa shape index (κ2) is 7.81. The van der Waals surface area contributed by atoms with E-state index in [0.717, 1.165) is 29.5 Å². The summed E-state index contributed by atoms with van der Waals surface area (Å²) in [6.07, 6.45) is 4.62. The van der Waals surface area contributed by atoms with Gasteiger partial charge in [0.15, 0.2) is 0 Å². The number of hydrogen-bond donors (Lipinski definition) is 2. The maximum Gasteiger partial charge on any atom is 0.414 e. The number of anilines is 2. The molecule has 2 aliphatic rings. The molecule has 2 fully saturated rings. The second-order valence-electron chi connectivity index (χ2n) is 6.56. The van der Waals surface area contributed by atoms with E-state index in [1.807, 2.05) is 12.1 Å². The standard InChI is InChI=1S/C19H22N6O3/c20-4-2-14(21)18-17-13(3-5-22-18)15(25-6-1-9-28-19(25)26)12-16(23-17)24-7-10-27-11-8-24/h2-5,12,20H,1,6-11,21H2/b14-2-,20-4?. The number of carbonyl (C=O) groups excluding carboxylic acids is 1. The largest absolute Gasteiger partial charge is 0.449 e. The van der Waals surface area contributed by atoms with E-state index in [0.29, 0.717) is 56.4 Å². The molecule has 0 aromatic carbocycles. The van der Waals surface area contributed by atoms with Gasteiger partial charge >= 0.3 is 6.09 Å². The molecule has 28 heavy (non-hydrogen) atoms. The van der Waals surface area contributed by atoms with Gasteiger partial charge in [0, 0.05) is 43.5 Å². The van der Waals surface area contributed by atoms with Gasteiger partial charge in [-0.25, -0.2) is 9.78 Å². The highest BCUT2D eigenvalue weighted by Gasteiger charge is 2.26. The van der Waals surface area contributed by atoms with E-state index >= 15 is 0 Å². The van der Waals surface area contributed by atoms with Crippen molar-refractivity contribution in [2.75, 3.05) is 49.3 Å². The Balaban J connectivity index is 1.92. The van der Waals surface area contributed by atoms with E-state index in [2.05, 4.69) is 9.88 Å². The molecular formula is C19H22N6O3. The van der Waals surface area contributed by atoms with Gasteiger partial charge in [0.2, 0.25) is 0 Å². The van der Waals surface area contributed by atoms with E-state index in [-0.39, 0.29) is 6.09 Å². The number of amides is 1. The molecule has 4 rings (SSSR count).